The summed E-state index contributed by atoms with van der Waals surface area (Å²) in [5.74, 6) is 3.74. The zero-order valence-electron chi connectivity index (χ0n) is 33.4. The maximum atomic E-state index is 5.17. The van der Waals surface area contributed by atoms with Gasteiger partial charge in [-0.3, -0.25) is 0 Å². The van der Waals surface area contributed by atoms with Gasteiger partial charge in [-0.1, -0.05) is 194 Å². The lowest BCUT2D eigenvalue weighted by Gasteiger charge is -2.14. The van der Waals surface area contributed by atoms with Crippen molar-refractivity contribution < 1.29 is 0 Å². The number of rotatable bonds is 9. The van der Waals surface area contributed by atoms with Crippen molar-refractivity contribution in [2.75, 3.05) is 0 Å². The van der Waals surface area contributed by atoms with E-state index in [1.54, 1.807) is 0 Å². The Morgan fingerprint density at radius 2 is 0.557 bits per heavy atom. The van der Waals surface area contributed by atoms with Crippen LogP contribution in [0.1, 0.15) is 5.56 Å². The summed E-state index contributed by atoms with van der Waals surface area (Å²) >= 11 is 0. The number of hydrogen-bond acceptors (Lipinski definition) is 6. The first kappa shape index (κ1) is 37.1. The topological polar surface area (TPSA) is 77.3 Å². The molecule has 6 heteroatoms. The second-order valence-corrected chi connectivity index (χ2v) is 14.8. The van der Waals surface area contributed by atoms with Crippen molar-refractivity contribution in [1.29, 1.82) is 0 Å². The van der Waals surface area contributed by atoms with E-state index in [4.69, 9.17) is 29.9 Å². The van der Waals surface area contributed by atoms with Crippen LogP contribution in [0.3, 0.4) is 0 Å². The molecule has 2 heterocycles. The summed E-state index contributed by atoms with van der Waals surface area (Å²) in [7, 11) is 0. The zero-order valence-corrected chi connectivity index (χ0v) is 33.4. The molecule has 0 bridgehead atoms. The van der Waals surface area contributed by atoms with E-state index in [-0.39, 0.29) is 0 Å². The van der Waals surface area contributed by atoms with Crippen molar-refractivity contribution in [3.63, 3.8) is 0 Å². The van der Waals surface area contributed by atoms with Gasteiger partial charge in [-0.05, 0) is 64.1 Å². The molecule has 0 aliphatic rings. The van der Waals surface area contributed by atoms with E-state index in [2.05, 4.69) is 116 Å². The Morgan fingerprint density at radius 1 is 0.213 bits per heavy atom. The van der Waals surface area contributed by atoms with Gasteiger partial charge in [0.1, 0.15) is 0 Å². The minimum absolute atomic E-state index is 0.610. The first-order chi connectivity index (χ1) is 30.1. The van der Waals surface area contributed by atoms with Gasteiger partial charge >= 0.3 is 0 Å². The summed E-state index contributed by atoms with van der Waals surface area (Å²) in [6.07, 6.45) is 0. The molecule has 288 valence electrons. The fourth-order valence-corrected chi connectivity index (χ4v) is 7.60. The van der Waals surface area contributed by atoms with Crippen LogP contribution in [0.2, 0.25) is 0 Å². The van der Waals surface area contributed by atoms with Gasteiger partial charge in [0, 0.05) is 33.4 Å². The maximum Gasteiger partial charge on any atom is 0.164 e. The highest BCUT2D eigenvalue weighted by atomic mass is 15.0. The summed E-state index contributed by atoms with van der Waals surface area (Å²) in [6, 6.07) is 72.4. The number of nitrogens with zero attached hydrogens (tertiary/aromatic N) is 6. The number of aryl methyl sites for hydroxylation is 1. The van der Waals surface area contributed by atoms with E-state index in [1.165, 1.54) is 0 Å². The van der Waals surface area contributed by atoms with E-state index in [0.717, 1.165) is 72.3 Å². The second kappa shape index (κ2) is 16.6. The van der Waals surface area contributed by atoms with E-state index in [9.17, 15) is 0 Å². The molecule has 2 aromatic heterocycles. The van der Waals surface area contributed by atoms with E-state index in [1.807, 2.05) is 103 Å². The van der Waals surface area contributed by atoms with Gasteiger partial charge in [-0.15, -0.1) is 0 Å². The quantitative estimate of drug-likeness (QED) is 0.145. The Hall–Kier alpha value is -8.22. The van der Waals surface area contributed by atoms with Crippen LogP contribution in [-0.2, 0) is 0 Å². The fourth-order valence-electron chi connectivity index (χ4n) is 7.60. The third-order valence-corrected chi connectivity index (χ3v) is 10.7. The van der Waals surface area contributed by atoms with E-state index >= 15 is 0 Å². The molecule has 0 fully saturated rings. The summed E-state index contributed by atoms with van der Waals surface area (Å²) in [5.41, 5.74) is 13.2. The Bertz CT molecular complexity index is 3080. The Balaban J connectivity index is 1.04. The lowest BCUT2D eigenvalue weighted by atomic mass is 9.94. The van der Waals surface area contributed by atoms with Gasteiger partial charge in [-0.2, -0.15) is 0 Å². The average Bonchev–Trinajstić information content (AvgIpc) is 3.35. The molecule has 0 atom stereocenters. The molecule has 61 heavy (non-hydrogen) atoms. The predicted molar refractivity (Wildman–Crippen MR) is 247 cm³/mol. The van der Waals surface area contributed by atoms with Crippen LogP contribution in [0.4, 0.5) is 0 Å². The molecule has 0 aliphatic carbocycles. The van der Waals surface area contributed by atoms with E-state index in [0.29, 0.717) is 34.9 Å². The van der Waals surface area contributed by atoms with Gasteiger partial charge in [0.25, 0.3) is 0 Å². The molecule has 0 radical (unpaired) electrons. The van der Waals surface area contributed by atoms with Crippen molar-refractivity contribution in [3.05, 3.63) is 218 Å². The smallest absolute Gasteiger partial charge is 0.164 e. The van der Waals surface area contributed by atoms with Gasteiger partial charge in [0.2, 0.25) is 0 Å². The normalized spacial score (nSPS) is 11.0. The van der Waals surface area contributed by atoms with Crippen molar-refractivity contribution in [3.8, 4) is 102 Å². The zero-order chi connectivity index (χ0) is 41.0. The Kier molecular flexibility index (Phi) is 10.1. The Labute approximate surface area is 355 Å². The molecular formula is C55H38N6. The lowest BCUT2D eigenvalue weighted by Crippen LogP contribution is -2.01. The summed E-state index contributed by atoms with van der Waals surface area (Å²) in [5, 5.41) is 0. The van der Waals surface area contributed by atoms with Gasteiger partial charge in [0.05, 0.1) is 0 Å². The lowest BCUT2D eigenvalue weighted by molar-refractivity contribution is 1.07. The highest BCUT2D eigenvalue weighted by Crippen LogP contribution is 2.36. The summed E-state index contributed by atoms with van der Waals surface area (Å²) in [4.78, 5) is 30.2. The second-order valence-electron chi connectivity index (χ2n) is 14.8. The van der Waals surface area contributed by atoms with Crippen LogP contribution in [0.15, 0.2) is 212 Å². The number of benzene rings is 8. The SMILES string of the molecule is Cc1ccc(-c2nc(-c3ccccc3)nc(-c3ccccc3-c3ccccc3)n2)cc1-c1cccc(-c2cccc(-c3nc(-c4ccccc4)nc(-c4ccccc4)n3)c2)c1. The summed E-state index contributed by atoms with van der Waals surface area (Å²) in [6.45, 7) is 2.15. The largest absolute Gasteiger partial charge is 0.208 e. The molecule has 0 saturated heterocycles. The number of aromatic nitrogens is 6. The fraction of sp³-hybridized carbons (Fsp3) is 0.0182. The third-order valence-electron chi connectivity index (χ3n) is 10.7. The van der Waals surface area contributed by atoms with Gasteiger partial charge < -0.3 is 0 Å². The summed E-state index contributed by atoms with van der Waals surface area (Å²) < 4.78 is 0. The monoisotopic (exact) mass is 782 g/mol. The van der Waals surface area contributed by atoms with Crippen molar-refractivity contribution in [1.82, 2.24) is 29.9 Å². The molecule has 0 spiro atoms. The predicted octanol–water partition coefficient (Wildman–Crippen LogP) is 13.4. The molecular weight excluding hydrogens is 745 g/mol. The molecule has 10 rings (SSSR count). The molecule has 10 aromatic rings. The van der Waals surface area contributed by atoms with Crippen LogP contribution >= 0.6 is 0 Å². The van der Waals surface area contributed by atoms with Crippen LogP contribution < -0.4 is 0 Å². The first-order valence-electron chi connectivity index (χ1n) is 20.3. The minimum Gasteiger partial charge on any atom is -0.208 e. The van der Waals surface area contributed by atoms with E-state index < -0.39 is 0 Å². The van der Waals surface area contributed by atoms with Crippen molar-refractivity contribution >= 4 is 0 Å². The van der Waals surface area contributed by atoms with Crippen LogP contribution in [0.5, 0.6) is 0 Å². The molecule has 0 saturated carbocycles. The first-order valence-corrected chi connectivity index (χ1v) is 20.3. The minimum atomic E-state index is 0.610. The highest BCUT2D eigenvalue weighted by molar-refractivity contribution is 5.83. The molecule has 6 nitrogen and oxygen atoms in total. The van der Waals surface area contributed by atoms with Crippen molar-refractivity contribution in [2.24, 2.45) is 0 Å². The molecule has 8 aromatic carbocycles. The molecule has 0 unspecified atom stereocenters. The van der Waals surface area contributed by atoms with Crippen LogP contribution in [0.25, 0.3) is 102 Å². The number of hydrogen-bond donors (Lipinski definition) is 0. The van der Waals surface area contributed by atoms with Crippen LogP contribution in [-0.4, -0.2) is 29.9 Å². The average molecular weight is 783 g/mol. The molecule has 0 amide bonds. The maximum absolute atomic E-state index is 5.17. The molecule has 0 N–H and O–H groups in total. The Morgan fingerprint density at radius 3 is 1.07 bits per heavy atom. The van der Waals surface area contributed by atoms with Crippen molar-refractivity contribution in [2.45, 2.75) is 6.92 Å². The molecule has 0 aliphatic heterocycles. The van der Waals surface area contributed by atoms with Crippen LogP contribution in [0, 0.1) is 6.92 Å². The standard InChI is InChI=1S/C55H38N6/c1-37-32-33-46(54-59-52(41-24-12-5-13-25-41)60-55(61-54)48-31-15-14-30-47(48)38-18-6-2-7-19-38)36-49(37)44-28-16-26-42(34-44)43-27-17-29-45(35-43)53-57-50(39-20-8-3-9-21-39)56-51(58-53)40-22-10-4-11-23-40/h2-36H,1H3. The van der Waals surface area contributed by atoms with Gasteiger partial charge in [-0.25, -0.2) is 29.9 Å². The third kappa shape index (κ3) is 7.86. The highest BCUT2D eigenvalue weighted by Gasteiger charge is 2.18. The van der Waals surface area contributed by atoms with Gasteiger partial charge in [0.15, 0.2) is 34.9 Å².